The van der Waals surface area contributed by atoms with E-state index >= 15 is 0 Å². The van der Waals surface area contributed by atoms with Crippen molar-refractivity contribution in [2.24, 2.45) is 5.41 Å². The molecule has 1 aliphatic rings. The fourth-order valence-electron chi connectivity index (χ4n) is 2.74. The Morgan fingerprint density at radius 3 is 2.18 bits per heavy atom. The van der Waals surface area contributed by atoms with Gasteiger partial charge in [0.15, 0.2) is 0 Å². The van der Waals surface area contributed by atoms with Crippen LogP contribution in [-0.2, 0) is 4.79 Å². The number of carbonyl (C=O) groups is 1. The monoisotopic (exact) mass is 348 g/mol. The van der Waals surface area contributed by atoms with E-state index in [0.29, 0.717) is 19.4 Å². The van der Waals surface area contributed by atoms with Gasteiger partial charge in [0.2, 0.25) is 5.91 Å². The lowest BCUT2D eigenvalue weighted by Gasteiger charge is -2.42. The Balaban J connectivity index is 2.56. The first-order chi connectivity index (χ1) is 10.3. The van der Waals surface area contributed by atoms with E-state index in [4.69, 9.17) is 0 Å². The molecule has 0 radical (unpaired) electrons. The van der Waals surface area contributed by atoms with Gasteiger partial charge in [-0.25, -0.2) is 0 Å². The lowest BCUT2D eigenvalue weighted by Crippen LogP contribution is -2.53. The molecule has 1 fully saturated rings. The van der Waals surface area contributed by atoms with E-state index in [0.717, 1.165) is 23.3 Å². The zero-order chi connectivity index (χ0) is 16.8. The number of hydrogen-bond acceptors (Lipinski definition) is 5. The molecule has 22 heavy (non-hydrogen) atoms. The minimum Gasteiger partial charge on any atom is -0.389 e. The number of nitrogens with zero attached hydrogens (tertiary/aromatic N) is 1. The van der Waals surface area contributed by atoms with Crippen molar-refractivity contribution in [1.29, 1.82) is 0 Å². The van der Waals surface area contributed by atoms with E-state index in [9.17, 15) is 9.90 Å². The Morgan fingerprint density at radius 2 is 1.73 bits per heavy atom. The molecule has 1 heterocycles. The lowest BCUT2D eigenvalue weighted by molar-refractivity contribution is -0.127. The number of aliphatic hydroxyl groups is 1. The summed E-state index contributed by atoms with van der Waals surface area (Å²) in [5.41, 5.74) is -1.08. The van der Waals surface area contributed by atoms with Gasteiger partial charge in [-0.3, -0.25) is 9.69 Å². The molecule has 1 rings (SSSR count). The smallest absolute Gasteiger partial charge is 0.237 e. The average Bonchev–Trinajstić information content (AvgIpc) is 2.80. The standard InChI is InChI=1S/C16H32N2O2S2/c1-6-16(20,7-2)15(4,5)10-17-14(19)13(3)18-11-21-8-9-22-12-18/h13,20H,6-12H2,1-5H3,(H,17,19). The summed E-state index contributed by atoms with van der Waals surface area (Å²) in [6.45, 7) is 10.5. The van der Waals surface area contributed by atoms with Gasteiger partial charge in [0.1, 0.15) is 0 Å². The lowest BCUT2D eigenvalue weighted by atomic mass is 9.71. The summed E-state index contributed by atoms with van der Waals surface area (Å²) in [5, 5.41) is 13.8. The topological polar surface area (TPSA) is 52.6 Å². The third-order valence-corrected chi connectivity index (χ3v) is 7.22. The molecule has 130 valence electrons. The van der Waals surface area contributed by atoms with E-state index in [-0.39, 0.29) is 17.4 Å². The van der Waals surface area contributed by atoms with Crippen molar-refractivity contribution < 1.29 is 9.90 Å². The summed E-state index contributed by atoms with van der Waals surface area (Å²) in [4.78, 5) is 14.7. The van der Waals surface area contributed by atoms with Gasteiger partial charge in [-0.2, -0.15) is 0 Å². The van der Waals surface area contributed by atoms with Gasteiger partial charge in [-0.15, -0.1) is 23.5 Å². The molecular formula is C16H32N2O2S2. The molecule has 0 saturated carbocycles. The summed E-state index contributed by atoms with van der Waals surface area (Å²) in [5.74, 6) is 4.20. The van der Waals surface area contributed by atoms with Gasteiger partial charge in [-0.05, 0) is 19.8 Å². The van der Waals surface area contributed by atoms with E-state index in [1.807, 2.05) is 58.1 Å². The zero-order valence-corrected chi connectivity index (χ0v) is 16.3. The van der Waals surface area contributed by atoms with Gasteiger partial charge in [0, 0.05) is 35.2 Å². The van der Waals surface area contributed by atoms with Crippen LogP contribution in [0.25, 0.3) is 0 Å². The highest BCUT2D eigenvalue weighted by molar-refractivity contribution is 8.03. The Bertz CT molecular complexity index is 352. The fraction of sp³-hybridized carbons (Fsp3) is 0.938. The van der Waals surface area contributed by atoms with Crippen molar-refractivity contribution in [3.63, 3.8) is 0 Å². The second-order valence-corrected chi connectivity index (χ2v) is 8.83. The first-order valence-electron chi connectivity index (χ1n) is 8.17. The molecule has 2 N–H and O–H groups in total. The van der Waals surface area contributed by atoms with Crippen LogP contribution >= 0.6 is 23.5 Å². The van der Waals surface area contributed by atoms with Gasteiger partial charge in [0.25, 0.3) is 0 Å². The second kappa shape index (κ2) is 8.81. The minimum atomic E-state index is -0.738. The summed E-state index contributed by atoms with van der Waals surface area (Å²) in [6, 6.07) is -0.120. The van der Waals surface area contributed by atoms with Crippen molar-refractivity contribution >= 4 is 29.4 Å². The SMILES string of the molecule is CCC(O)(CC)C(C)(C)CNC(=O)C(C)N1CSCCSC1. The molecule has 1 amide bonds. The molecular weight excluding hydrogens is 316 g/mol. The maximum absolute atomic E-state index is 12.5. The van der Waals surface area contributed by atoms with Gasteiger partial charge >= 0.3 is 0 Å². The van der Waals surface area contributed by atoms with Crippen LogP contribution in [-0.4, -0.2) is 57.4 Å². The van der Waals surface area contributed by atoms with Gasteiger partial charge < -0.3 is 10.4 Å². The molecule has 0 bridgehead atoms. The molecule has 1 unspecified atom stereocenters. The third-order valence-electron chi connectivity index (χ3n) is 4.95. The Kier molecular flexibility index (Phi) is 8.06. The van der Waals surface area contributed by atoms with Crippen LogP contribution in [0.4, 0.5) is 0 Å². The number of thioether (sulfide) groups is 2. The second-order valence-electron chi connectivity index (χ2n) is 6.68. The first-order valence-corrected chi connectivity index (χ1v) is 10.5. The van der Waals surface area contributed by atoms with Crippen molar-refractivity contribution in [2.75, 3.05) is 29.8 Å². The molecule has 1 saturated heterocycles. The Labute approximate surface area is 144 Å². The van der Waals surface area contributed by atoms with Gasteiger partial charge in [0.05, 0.1) is 11.6 Å². The summed E-state index contributed by atoms with van der Waals surface area (Å²) in [6.07, 6.45) is 1.39. The number of carbonyl (C=O) groups excluding carboxylic acids is 1. The molecule has 0 aromatic rings. The molecule has 0 aliphatic carbocycles. The number of hydrogen-bond donors (Lipinski definition) is 2. The van der Waals surface area contributed by atoms with E-state index < -0.39 is 5.60 Å². The number of nitrogens with one attached hydrogen (secondary N) is 1. The maximum atomic E-state index is 12.5. The molecule has 6 heteroatoms. The van der Waals surface area contributed by atoms with Crippen molar-refractivity contribution in [2.45, 2.75) is 59.1 Å². The average molecular weight is 349 g/mol. The Morgan fingerprint density at radius 1 is 1.23 bits per heavy atom. The van der Waals surface area contributed by atoms with Crippen LogP contribution < -0.4 is 5.32 Å². The van der Waals surface area contributed by atoms with Crippen LogP contribution in [0.1, 0.15) is 47.5 Å². The van der Waals surface area contributed by atoms with E-state index in [1.54, 1.807) is 0 Å². The van der Waals surface area contributed by atoms with Crippen LogP contribution in [0, 0.1) is 5.41 Å². The van der Waals surface area contributed by atoms with Crippen LogP contribution in [0.15, 0.2) is 0 Å². The highest BCUT2D eigenvalue weighted by Crippen LogP contribution is 2.35. The maximum Gasteiger partial charge on any atom is 0.237 e. The molecule has 1 aliphatic heterocycles. The highest BCUT2D eigenvalue weighted by atomic mass is 32.2. The first kappa shape index (κ1) is 20.1. The predicted molar refractivity (Wildman–Crippen MR) is 98.3 cm³/mol. The van der Waals surface area contributed by atoms with Crippen molar-refractivity contribution in [3.05, 3.63) is 0 Å². The zero-order valence-electron chi connectivity index (χ0n) is 14.6. The Hall–Kier alpha value is 0.0900. The number of rotatable bonds is 7. The van der Waals surface area contributed by atoms with E-state index in [2.05, 4.69) is 10.2 Å². The summed E-state index contributed by atoms with van der Waals surface area (Å²) >= 11 is 3.78. The summed E-state index contributed by atoms with van der Waals surface area (Å²) in [7, 11) is 0. The van der Waals surface area contributed by atoms with Crippen molar-refractivity contribution in [1.82, 2.24) is 10.2 Å². The summed E-state index contributed by atoms with van der Waals surface area (Å²) < 4.78 is 0. The molecule has 0 spiro atoms. The molecule has 4 nitrogen and oxygen atoms in total. The molecule has 0 aromatic carbocycles. The fourth-order valence-corrected chi connectivity index (χ4v) is 5.15. The van der Waals surface area contributed by atoms with Crippen molar-refractivity contribution in [3.8, 4) is 0 Å². The largest absolute Gasteiger partial charge is 0.389 e. The van der Waals surface area contributed by atoms with Crippen LogP contribution in [0.3, 0.4) is 0 Å². The highest BCUT2D eigenvalue weighted by Gasteiger charge is 2.40. The minimum absolute atomic E-state index is 0.0609. The molecule has 0 aromatic heterocycles. The predicted octanol–water partition coefficient (Wildman–Crippen LogP) is 2.77. The normalized spacial score (nSPS) is 19.5. The van der Waals surface area contributed by atoms with Crippen LogP contribution in [0.5, 0.6) is 0 Å². The van der Waals surface area contributed by atoms with E-state index in [1.165, 1.54) is 0 Å². The quantitative estimate of drug-likeness (QED) is 0.741. The van der Waals surface area contributed by atoms with Crippen LogP contribution in [0.2, 0.25) is 0 Å². The third kappa shape index (κ3) is 5.05. The van der Waals surface area contributed by atoms with Gasteiger partial charge in [-0.1, -0.05) is 27.7 Å². The molecule has 1 atom stereocenters. The number of amides is 1.